The Morgan fingerprint density at radius 3 is 2.56 bits per heavy atom. The highest BCUT2D eigenvalue weighted by molar-refractivity contribution is 5.76. The van der Waals surface area contributed by atoms with Crippen molar-refractivity contribution in [2.45, 2.75) is 57.7 Å². The van der Waals surface area contributed by atoms with E-state index in [-0.39, 0.29) is 13.2 Å². The van der Waals surface area contributed by atoms with Crippen molar-refractivity contribution in [2.75, 3.05) is 13.2 Å². The number of aliphatic hydroxyl groups is 2. The first-order valence-corrected chi connectivity index (χ1v) is 9.94. The molecule has 4 rings (SSSR count). The summed E-state index contributed by atoms with van der Waals surface area (Å²) >= 11 is 0. The summed E-state index contributed by atoms with van der Waals surface area (Å²) in [5, 5.41) is 19.8. The van der Waals surface area contributed by atoms with E-state index in [1.165, 1.54) is 23.1 Å². The van der Waals surface area contributed by atoms with Gasteiger partial charge in [0.05, 0.1) is 13.2 Å². The molecule has 2 N–H and O–H groups in total. The van der Waals surface area contributed by atoms with Crippen LogP contribution in [0.3, 0.4) is 0 Å². The van der Waals surface area contributed by atoms with Crippen molar-refractivity contribution < 1.29 is 14.9 Å². The highest BCUT2D eigenvalue weighted by Gasteiger charge is 2.47. The molecule has 144 valence electrons. The topological polar surface area (TPSA) is 49.7 Å². The second kappa shape index (κ2) is 6.44. The normalized spacial score (nSPS) is 31.6. The SMILES string of the molecule is Cc1ccc(C2=C[C@@]3(CO)C=C[C@@](CO)(C2)O3)cc1C1=CCC(C)(C)CC1. The van der Waals surface area contributed by atoms with E-state index in [1.54, 1.807) is 0 Å². The van der Waals surface area contributed by atoms with Crippen LogP contribution >= 0.6 is 0 Å². The highest BCUT2D eigenvalue weighted by atomic mass is 16.5. The third-order valence-electron chi connectivity index (χ3n) is 6.41. The van der Waals surface area contributed by atoms with E-state index in [0.29, 0.717) is 11.8 Å². The van der Waals surface area contributed by atoms with Crippen molar-refractivity contribution in [3.05, 3.63) is 59.2 Å². The van der Waals surface area contributed by atoms with Gasteiger partial charge in [0, 0.05) is 6.42 Å². The molecular formula is C24H30O3. The highest BCUT2D eigenvalue weighted by Crippen LogP contribution is 2.45. The Morgan fingerprint density at radius 2 is 1.89 bits per heavy atom. The lowest BCUT2D eigenvalue weighted by Gasteiger charge is -2.37. The Labute approximate surface area is 162 Å². The minimum atomic E-state index is -0.810. The number of fused-ring (bicyclic) bond motifs is 2. The molecule has 0 unspecified atom stereocenters. The number of hydrogen-bond donors (Lipinski definition) is 2. The quantitative estimate of drug-likeness (QED) is 0.776. The summed E-state index contributed by atoms with van der Waals surface area (Å²) in [5.74, 6) is 0. The van der Waals surface area contributed by atoms with Crippen molar-refractivity contribution in [1.29, 1.82) is 0 Å². The first kappa shape index (κ1) is 18.7. The largest absolute Gasteiger partial charge is 0.393 e. The summed E-state index contributed by atoms with van der Waals surface area (Å²) in [7, 11) is 0. The number of aliphatic hydroxyl groups excluding tert-OH is 2. The fraction of sp³-hybridized carbons (Fsp3) is 0.500. The minimum absolute atomic E-state index is 0.0818. The van der Waals surface area contributed by atoms with E-state index in [2.05, 4.69) is 45.0 Å². The van der Waals surface area contributed by atoms with E-state index in [0.717, 1.165) is 24.0 Å². The molecular weight excluding hydrogens is 336 g/mol. The van der Waals surface area contributed by atoms with Gasteiger partial charge >= 0.3 is 0 Å². The van der Waals surface area contributed by atoms with Crippen LogP contribution in [-0.4, -0.2) is 34.6 Å². The minimum Gasteiger partial charge on any atom is -0.393 e. The molecule has 3 heteroatoms. The Morgan fingerprint density at radius 1 is 1.07 bits per heavy atom. The zero-order valence-corrected chi connectivity index (χ0v) is 16.6. The number of aryl methyl sites for hydroxylation is 1. The number of allylic oxidation sites excluding steroid dienone is 2. The van der Waals surface area contributed by atoms with Gasteiger partial charge in [0.25, 0.3) is 0 Å². The zero-order chi connectivity index (χ0) is 19.3. The summed E-state index contributed by atoms with van der Waals surface area (Å²) in [4.78, 5) is 0. The van der Waals surface area contributed by atoms with Gasteiger partial charge in [-0.05, 0) is 77.7 Å². The maximum absolute atomic E-state index is 9.90. The molecule has 1 aromatic carbocycles. The number of rotatable bonds is 4. The van der Waals surface area contributed by atoms with Crippen molar-refractivity contribution in [3.63, 3.8) is 0 Å². The third-order valence-corrected chi connectivity index (χ3v) is 6.41. The molecule has 2 aliphatic heterocycles. The Hall–Kier alpha value is -1.68. The Bertz CT molecular complexity index is 845. The van der Waals surface area contributed by atoms with Gasteiger partial charge in [-0.2, -0.15) is 0 Å². The van der Waals surface area contributed by atoms with Gasteiger partial charge in [-0.25, -0.2) is 0 Å². The summed E-state index contributed by atoms with van der Waals surface area (Å²) < 4.78 is 6.02. The summed E-state index contributed by atoms with van der Waals surface area (Å²) in [6.07, 6.45) is 12.3. The van der Waals surface area contributed by atoms with Gasteiger partial charge in [-0.15, -0.1) is 0 Å². The molecule has 2 heterocycles. The molecule has 0 saturated carbocycles. The fourth-order valence-electron chi connectivity index (χ4n) is 4.53. The maximum Gasteiger partial charge on any atom is 0.129 e. The van der Waals surface area contributed by atoms with Crippen LogP contribution in [0, 0.1) is 12.3 Å². The zero-order valence-electron chi connectivity index (χ0n) is 16.6. The average molecular weight is 367 g/mol. The van der Waals surface area contributed by atoms with Crippen molar-refractivity contribution in [1.82, 2.24) is 0 Å². The molecule has 2 bridgehead atoms. The lowest BCUT2D eigenvalue weighted by Crippen LogP contribution is -2.44. The Kier molecular flexibility index (Phi) is 4.45. The van der Waals surface area contributed by atoms with Crippen LogP contribution in [-0.2, 0) is 4.74 Å². The molecule has 0 amide bonds. The molecule has 27 heavy (non-hydrogen) atoms. The van der Waals surface area contributed by atoms with Crippen molar-refractivity contribution in [3.8, 4) is 0 Å². The van der Waals surface area contributed by atoms with Crippen molar-refractivity contribution in [2.24, 2.45) is 5.41 Å². The molecule has 0 spiro atoms. The first-order valence-electron chi connectivity index (χ1n) is 9.94. The van der Waals surface area contributed by atoms with Gasteiger partial charge in [-0.3, -0.25) is 0 Å². The molecule has 0 saturated heterocycles. The van der Waals surface area contributed by atoms with Crippen molar-refractivity contribution >= 4 is 11.1 Å². The smallest absolute Gasteiger partial charge is 0.129 e. The standard InChI is InChI=1S/C24H30O3/c1-17-4-5-19(12-21(17)18-6-8-22(2,3)9-7-18)20-13-23(15-25)10-11-24(14-20,16-26)27-23/h4-6,10-13,25-26H,7-9,14-16H2,1-3H3/t23-,24+/m1/s1. The third kappa shape index (κ3) is 3.33. The molecule has 1 aromatic rings. The summed E-state index contributed by atoms with van der Waals surface area (Å²) in [5.41, 5.74) is 5.22. The lowest BCUT2D eigenvalue weighted by molar-refractivity contribution is -0.109. The number of benzene rings is 1. The van der Waals surface area contributed by atoms with Gasteiger partial charge < -0.3 is 14.9 Å². The van der Waals surface area contributed by atoms with Gasteiger partial charge in [0.15, 0.2) is 0 Å². The number of hydrogen-bond acceptors (Lipinski definition) is 3. The van der Waals surface area contributed by atoms with Gasteiger partial charge in [-0.1, -0.05) is 38.1 Å². The van der Waals surface area contributed by atoms with Crippen LogP contribution in [0.5, 0.6) is 0 Å². The maximum atomic E-state index is 9.90. The predicted molar refractivity (Wildman–Crippen MR) is 109 cm³/mol. The molecule has 0 aromatic heterocycles. The second-order valence-electron chi connectivity index (χ2n) is 9.25. The molecule has 0 radical (unpaired) electrons. The molecule has 0 fully saturated rings. The average Bonchev–Trinajstić information content (AvgIpc) is 2.94. The van der Waals surface area contributed by atoms with Crippen LogP contribution in [0.25, 0.3) is 11.1 Å². The van der Waals surface area contributed by atoms with Crippen LogP contribution in [0.1, 0.15) is 56.2 Å². The van der Waals surface area contributed by atoms with Crippen LogP contribution in [0.2, 0.25) is 0 Å². The summed E-state index contributed by atoms with van der Waals surface area (Å²) in [6, 6.07) is 6.62. The lowest BCUT2D eigenvalue weighted by atomic mass is 9.76. The molecule has 3 aliphatic rings. The van der Waals surface area contributed by atoms with Crippen LogP contribution in [0.15, 0.2) is 42.5 Å². The predicted octanol–water partition coefficient (Wildman–Crippen LogP) is 4.42. The monoisotopic (exact) mass is 366 g/mol. The van der Waals surface area contributed by atoms with Gasteiger partial charge in [0.2, 0.25) is 0 Å². The summed E-state index contributed by atoms with van der Waals surface area (Å²) in [6.45, 7) is 6.65. The van der Waals surface area contributed by atoms with Crippen LogP contribution < -0.4 is 0 Å². The van der Waals surface area contributed by atoms with Crippen LogP contribution in [0.4, 0.5) is 0 Å². The first-order chi connectivity index (χ1) is 12.8. The Balaban J connectivity index is 1.71. The molecule has 2 atom stereocenters. The van der Waals surface area contributed by atoms with E-state index in [1.807, 2.05) is 18.2 Å². The van der Waals surface area contributed by atoms with E-state index >= 15 is 0 Å². The molecule has 1 aliphatic carbocycles. The van der Waals surface area contributed by atoms with E-state index in [4.69, 9.17) is 4.74 Å². The van der Waals surface area contributed by atoms with E-state index in [9.17, 15) is 10.2 Å². The fourth-order valence-corrected chi connectivity index (χ4v) is 4.53. The van der Waals surface area contributed by atoms with Gasteiger partial charge in [0.1, 0.15) is 11.2 Å². The second-order valence-corrected chi connectivity index (χ2v) is 9.25. The number of ether oxygens (including phenoxy) is 1. The van der Waals surface area contributed by atoms with E-state index < -0.39 is 11.2 Å². The molecule has 3 nitrogen and oxygen atoms in total.